The minimum atomic E-state index is -4.46. The van der Waals surface area contributed by atoms with Crippen LogP contribution in [-0.2, 0) is 10.9 Å². The largest absolute Gasteiger partial charge is 0.416 e. The molecule has 1 aliphatic heterocycles. The van der Waals surface area contributed by atoms with Crippen molar-refractivity contribution in [1.82, 2.24) is 15.2 Å². The van der Waals surface area contributed by atoms with Crippen LogP contribution in [0.2, 0.25) is 5.02 Å². The maximum absolute atomic E-state index is 12.8. The van der Waals surface area contributed by atoms with Crippen LogP contribution >= 0.6 is 11.6 Å². The number of rotatable bonds is 3. The number of morpholine rings is 1. The summed E-state index contributed by atoms with van der Waals surface area (Å²) in [5.74, 6) is 0.638. The number of nitrogens with one attached hydrogen (secondary N) is 1. The third-order valence-electron chi connectivity index (χ3n) is 3.42. The van der Waals surface area contributed by atoms with Gasteiger partial charge in [0.15, 0.2) is 5.82 Å². The van der Waals surface area contributed by atoms with Gasteiger partial charge in [-0.15, -0.1) is 5.10 Å². The third kappa shape index (κ3) is 3.85. The molecule has 1 aromatic heterocycles. The number of alkyl halides is 3. The molecule has 0 atom stereocenters. The number of nitrogens with zero attached hydrogens (tertiary/aromatic N) is 4. The maximum atomic E-state index is 12.8. The summed E-state index contributed by atoms with van der Waals surface area (Å²) in [4.78, 5) is 6.23. The Bertz CT molecular complexity index is 722. The summed E-state index contributed by atoms with van der Waals surface area (Å²) in [6, 6.07) is 3.00. The van der Waals surface area contributed by atoms with E-state index in [1.54, 1.807) is 0 Å². The second-order valence-electron chi connectivity index (χ2n) is 5.05. The Morgan fingerprint density at radius 1 is 1.21 bits per heavy atom. The minimum Gasteiger partial charge on any atom is -0.378 e. The topological polar surface area (TPSA) is 63.2 Å². The van der Waals surface area contributed by atoms with E-state index in [0.29, 0.717) is 32.1 Å². The molecule has 24 heavy (non-hydrogen) atoms. The first-order valence-electron chi connectivity index (χ1n) is 7.10. The van der Waals surface area contributed by atoms with Gasteiger partial charge < -0.3 is 15.0 Å². The lowest BCUT2D eigenvalue weighted by Gasteiger charge is -2.27. The average Bonchev–Trinajstić information content (AvgIpc) is 2.57. The molecule has 0 radical (unpaired) electrons. The highest BCUT2D eigenvalue weighted by molar-refractivity contribution is 6.33. The summed E-state index contributed by atoms with van der Waals surface area (Å²) in [5, 5.41) is 10.4. The van der Waals surface area contributed by atoms with Crippen molar-refractivity contribution in [3.63, 3.8) is 0 Å². The van der Waals surface area contributed by atoms with Crippen LogP contribution in [0.5, 0.6) is 0 Å². The highest BCUT2D eigenvalue weighted by Gasteiger charge is 2.31. The number of hydrogen-bond donors (Lipinski definition) is 1. The first kappa shape index (κ1) is 16.7. The molecule has 1 aliphatic rings. The molecule has 0 saturated carbocycles. The van der Waals surface area contributed by atoms with Gasteiger partial charge in [-0.3, -0.25) is 0 Å². The number of ether oxygens (including phenoxy) is 1. The summed E-state index contributed by atoms with van der Waals surface area (Å²) in [6.07, 6.45) is -2.97. The van der Waals surface area contributed by atoms with Gasteiger partial charge in [-0.05, 0) is 18.2 Å². The highest BCUT2D eigenvalue weighted by atomic mass is 35.5. The van der Waals surface area contributed by atoms with E-state index in [1.807, 2.05) is 4.90 Å². The van der Waals surface area contributed by atoms with E-state index < -0.39 is 11.7 Å². The van der Waals surface area contributed by atoms with Crippen LogP contribution in [0.3, 0.4) is 0 Å². The van der Waals surface area contributed by atoms with Gasteiger partial charge in [0.2, 0.25) is 5.95 Å². The Kier molecular flexibility index (Phi) is 4.72. The van der Waals surface area contributed by atoms with E-state index in [9.17, 15) is 13.2 Å². The number of hydrogen-bond acceptors (Lipinski definition) is 6. The van der Waals surface area contributed by atoms with Crippen molar-refractivity contribution in [2.45, 2.75) is 6.18 Å². The van der Waals surface area contributed by atoms with Gasteiger partial charge in [0.05, 0.1) is 35.7 Å². The molecule has 0 aliphatic carbocycles. The monoisotopic (exact) mass is 359 g/mol. The molecule has 1 fully saturated rings. The molecule has 10 heteroatoms. The van der Waals surface area contributed by atoms with Crippen LogP contribution < -0.4 is 10.2 Å². The van der Waals surface area contributed by atoms with E-state index >= 15 is 0 Å². The average molecular weight is 360 g/mol. The molecule has 3 rings (SSSR count). The molecular weight excluding hydrogens is 347 g/mol. The first-order chi connectivity index (χ1) is 11.4. The summed E-state index contributed by atoms with van der Waals surface area (Å²) >= 11 is 5.95. The third-order valence-corrected chi connectivity index (χ3v) is 3.75. The predicted octanol–water partition coefficient (Wildman–Crippen LogP) is 3.12. The summed E-state index contributed by atoms with van der Waals surface area (Å²) < 4.78 is 43.7. The van der Waals surface area contributed by atoms with Crippen molar-refractivity contribution in [1.29, 1.82) is 0 Å². The number of aromatic nitrogens is 3. The van der Waals surface area contributed by atoms with Crippen molar-refractivity contribution in [2.75, 3.05) is 36.5 Å². The summed E-state index contributed by atoms with van der Waals surface area (Å²) in [6.45, 7) is 2.46. The van der Waals surface area contributed by atoms with Crippen molar-refractivity contribution >= 4 is 29.1 Å². The molecule has 1 saturated heterocycles. The van der Waals surface area contributed by atoms with Crippen molar-refractivity contribution < 1.29 is 17.9 Å². The van der Waals surface area contributed by atoms with Crippen molar-refractivity contribution in [3.05, 3.63) is 35.0 Å². The van der Waals surface area contributed by atoms with Crippen LogP contribution in [0.25, 0.3) is 0 Å². The summed E-state index contributed by atoms with van der Waals surface area (Å²) in [5.41, 5.74) is -0.751. The van der Waals surface area contributed by atoms with Crippen LogP contribution in [-0.4, -0.2) is 41.5 Å². The highest BCUT2D eigenvalue weighted by Crippen LogP contribution is 2.34. The molecule has 0 unspecified atom stereocenters. The molecule has 128 valence electrons. The second kappa shape index (κ2) is 6.78. The second-order valence-corrected chi connectivity index (χ2v) is 5.46. The van der Waals surface area contributed by atoms with Gasteiger partial charge in [0.1, 0.15) is 0 Å². The van der Waals surface area contributed by atoms with Gasteiger partial charge in [-0.1, -0.05) is 11.6 Å². The van der Waals surface area contributed by atoms with Crippen LogP contribution in [0.15, 0.2) is 24.4 Å². The summed E-state index contributed by atoms with van der Waals surface area (Å²) in [7, 11) is 0. The van der Waals surface area contributed by atoms with Gasteiger partial charge in [0, 0.05) is 13.1 Å². The molecule has 1 N–H and O–H groups in total. The van der Waals surface area contributed by atoms with Crippen LogP contribution in [0.4, 0.5) is 30.6 Å². The van der Waals surface area contributed by atoms with E-state index in [4.69, 9.17) is 16.3 Å². The molecule has 2 heterocycles. The molecule has 2 aromatic rings. The molecule has 6 nitrogen and oxygen atoms in total. The molecule has 0 amide bonds. The smallest absolute Gasteiger partial charge is 0.378 e. The molecule has 0 bridgehead atoms. The fraction of sp³-hybridized carbons (Fsp3) is 0.357. The number of halogens is 4. The Morgan fingerprint density at radius 2 is 1.96 bits per heavy atom. The minimum absolute atomic E-state index is 0.0624. The van der Waals surface area contributed by atoms with E-state index in [2.05, 4.69) is 20.5 Å². The van der Waals surface area contributed by atoms with Crippen LogP contribution in [0, 0.1) is 0 Å². The lowest BCUT2D eigenvalue weighted by molar-refractivity contribution is -0.137. The Morgan fingerprint density at radius 3 is 2.67 bits per heavy atom. The predicted molar refractivity (Wildman–Crippen MR) is 82.6 cm³/mol. The van der Waals surface area contributed by atoms with Crippen molar-refractivity contribution in [3.8, 4) is 0 Å². The Balaban J connectivity index is 1.83. The van der Waals surface area contributed by atoms with E-state index in [1.165, 1.54) is 12.3 Å². The Hall–Kier alpha value is -2.13. The van der Waals surface area contributed by atoms with Gasteiger partial charge in [0.25, 0.3) is 0 Å². The molecular formula is C14H13ClF3N5O. The van der Waals surface area contributed by atoms with E-state index in [-0.39, 0.29) is 16.7 Å². The fourth-order valence-electron chi connectivity index (χ4n) is 2.21. The Labute approximate surface area is 140 Å². The number of benzene rings is 1. The van der Waals surface area contributed by atoms with Gasteiger partial charge in [-0.2, -0.15) is 23.3 Å². The zero-order valence-corrected chi connectivity index (χ0v) is 13.1. The van der Waals surface area contributed by atoms with Gasteiger partial charge in [-0.25, -0.2) is 0 Å². The number of anilines is 3. The SMILES string of the molecule is FC(F)(F)c1ccc(Cl)c(Nc2nncc(N3CCOCC3)n2)c1. The zero-order chi connectivity index (χ0) is 17.2. The first-order valence-corrected chi connectivity index (χ1v) is 7.47. The standard InChI is InChI=1S/C14H13ClF3N5O/c15-10-2-1-9(14(16,17)18)7-11(10)20-13-21-12(8-19-22-13)23-3-5-24-6-4-23/h1-2,7-8H,3-6H2,(H,20,21,22). The normalized spacial score (nSPS) is 15.4. The lowest BCUT2D eigenvalue weighted by atomic mass is 10.2. The quantitative estimate of drug-likeness (QED) is 0.908. The molecule has 0 spiro atoms. The van der Waals surface area contributed by atoms with Gasteiger partial charge >= 0.3 is 6.18 Å². The van der Waals surface area contributed by atoms with Crippen molar-refractivity contribution in [2.24, 2.45) is 0 Å². The maximum Gasteiger partial charge on any atom is 0.416 e. The zero-order valence-electron chi connectivity index (χ0n) is 12.3. The lowest BCUT2D eigenvalue weighted by Crippen LogP contribution is -2.37. The van der Waals surface area contributed by atoms with Crippen LogP contribution in [0.1, 0.15) is 5.56 Å². The van der Waals surface area contributed by atoms with E-state index in [0.717, 1.165) is 12.1 Å². The molecule has 1 aromatic carbocycles. The fourth-order valence-corrected chi connectivity index (χ4v) is 2.38.